The lowest BCUT2D eigenvalue weighted by Crippen LogP contribution is -2.14. The lowest BCUT2D eigenvalue weighted by Gasteiger charge is -2.07. The van der Waals surface area contributed by atoms with Gasteiger partial charge in [0, 0.05) is 0 Å². The first-order valence-corrected chi connectivity index (χ1v) is 5.19. The summed E-state index contributed by atoms with van der Waals surface area (Å²) < 4.78 is 0. The molecule has 0 saturated carbocycles. The van der Waals surface area contributed by atoms with Crippen LogP contribution < -0.4 is 5.73 Å². The van der Waals surface area contributed by atoms with Gasteiger partial charge < -0.3 is 5.73 Å². The van der Waals surface area contributed by atoms with Gasteiger partial charge in [-0.15, -0.1) is 12.4 Å². The van der Waals surface area contributed by atoms with E-state index in [1.54, 1.807) is 0 Å². The first kappa shape index (κ1) is 13.3. The van der Waals surface area contributed by atoms with Crippen molar-refractivity contribution in [3.63, 3.8) is 0 Å². The summed E-state index contributed by atoms with van der Waals surface area (Å²) in [4.78, 5) is 11.0. The monoisotopic (exact) mass is 247 g/mol. The standard InChI is InChI=1S/C14H13NO.ClH/c15-14(16)10-12-8-4-5-9-13(12)11-6-2-1-3-7-11;/h1-9H,10H2,(H2,15,16);1H. The summed E-state index contributed by atoms with van der Waals surface area (Å²) in [5.41, 5.74) is 8.39. The smallest absolute Gasteiger partial charge is 0.221 e. The van der Waals surface area contributed by atoms with Gasteiger partial charge in [-0.3, -0.25) is 4.79 Å². The molecule has 0 bridgehead atoms. The molecule has 2 rings (SSSR count). The van der Waals surface area contributed by atoms with Gasteiger partial charge in [-0.1, -0.05) is 54.6 Å². The Morgan fingerprint density at radius 1 is 0.941 bits per heavy atom. The Morgan fingerprint density at radius 2 is 1.53 bits per heavy atom. The fraction of sp³-hybridized carbons (Fsp3) is 0.0714. The van der Waals surface area contributed by atoms with Gasteiger partial charge in [0.25, 0.3) is 0 Å². The van der Waals surface area contributed by atoms with Gasteiger partial charge in [0.1, 0.15) is 0 Å². The second-order valence-electron chi connectivity index (χ2n) is 3.67. The number of carbonyl (C=O) groups is 1. The third-order valence-corrected chi connectivity index (χ3v) is 2.47. The molecule has 0 aliphatic carbocycles. The Bertz CT molecular complexity index is 497. The van der Waals surface area contributed by atoms with Gasteiger partial charge in [-0.05, 0) is 16.7 Å². The summed E-state index contributed by atoms with van der Waals surface area (Å²) in [6.45, 7) is 0. The van der Waals surface area contributed by atoms with Gasteiger partial charge in [-0.2, -0.15) is 0 Å². The lowest BCUT2D eigenvalue weighted by molar-refractivity contribution is -0.117. The summed E-state index contributed by atoms with van der Waals surface area (Å²) in [7, 11) is 0. The van der Waals surface area contributed by atoms with Crippen molar-refractivity contribution < 1.29 is 4.79 Å². The third-order valence-electron chi connectivity index (χ3n) is 2.47. The fourth-order valence-electron chi connectivity index (χ4n) is 1.76. The highest BCUT2D eigenvalue weighted by atomic mass is 35.5. The van der Waals surface area contributed by atoms with E-state index in [1.807, 2.05) is 54.6 Å². The number of halogens is 1. The molecule has 2 nitrogen and oxygen atoms in total. The van der Waals surface area contributed by atoms with Crippen LogP contribution in [0.4, 0.5) is 0 Å². The largest absolute Gasteiger partial charge is 0.369 e. The van der Waals surface area contributed by atoms with Crippen LogP contribution in [0, 0.1) is 0 Å². The second kappa shape index (κ2) is 6.06. The molecule has 0 aromatic heterocycles. The zero-order valence-electron chi connectivity index (χ0n) is 9.30. The van der Waals surface area contributed by atoms with Crippen molar-refractivity contribution in [2.75, 3.05) is 0 Å². The third kappa shape index (κ3) is 3.33. The van der Waals surface area contributed by atoms with Crippen molar-refractivity contribution >= 4 is 18.3 Å². The molecule has 2 N–H and O–H groups in total. The number of amides is 1. The summed E-state index contributed by atoms with van der Waals surface area (Å²) in [6.07, 6.45) is 0.283. The van der Waals surface area contributed by atoms with Crippen LogP contribution in [0.2, 0.25) is 0 Å². The molecule has 1 amide bonds. The van der Waals surface area contributed by atoms with Crippen LogP contribution in [0.25, 0.3) is 11.1 Å². The molecule has 0 radical (unpaired) electrons. The van der Waals surface area contributed by atoms with Crippen LogP contribution in [-0.2, 0) is 11.2 Å². The normalized spacial score (nSPS) is 9.41. The van der Waals surface area contributed by atoms with Crippen LogP contribution in [-0.4, -0.2) is 5.91 Å². The Kier molecular flexibility index (Phi) is 4.73. The highest BCUT2D eigenvalue weighted by molar-refractivity contribution is 5.85. The molecular formula is C14H14ClNO. The van der Waals surface area contributed by atoms with Crippen molar-refractivity contribution in [1.82, 2.24) is 0 Å². The number of nitrogens with two attached hydrogens (primary N) is 1. The van der Waals surface area contributed by atoms with E-state index in [9.17, 15) is 4.79 Å². The molecule has 2 aromatic carbocycles. The van der Waals surface area contributed by atoms with E-state index in [4.69, 9.17) is 5.73 Å². The second-order valence-corrected chi connectivity index (χ2v) is 3.67. The minimum Gasteiger partial charge on any atom is -0.369 e. The molecule has 0 heterocycles. The Hall–Kier alpha value is -1.80. The maximum absolute atomic E-state index is 11.0. The lowest BCUT2D eigenvalue weighted by atomic mass is 9.98. The van der Waals surface area contributed by atoms with Crippen molar-refractivity contribution in [1.29, 1.82) is 0 Å². The topological polar surface area (TPSA) is 43.1 Å². The molecule has 0 saturated heterocycles. The maximum Gasteiger partial charge on any atom is 0.221 e. The van der Waals surface area contributed by atoms with E-state index in [-0.39, 0.29) is 24.7 Å². The number of hydrogen-bond acceptors (Lipinski definition) is 1. The van der Waals surface area contributed by atoms with Crippen LogP contribution in [0.1, 0.15) is 5.56 Å². The molecule has 0 atom stereocenters. The first-order valence-electron chi connectivity index (χ1n) is 5.19. The minimum absolute atomic E-state index is 0. The van der Waals surface area contributed by atoms with E-state index in [1.165, 1.54) is 0 Å². The highest BCUT2D eigenvalue weighted by Gasteiger charge is 2.05. The average molecular weight is 248 g/mol. The van der Waals surface area contributed by atoms with Crippen LogP contribution in [0.3, 0.4) is 0 Å². The number of hydrogen-bond donors (Lipinski definition) is 1. The molecular weight excluding hydrogens is 234 g/mol. The van der Waals surface area contributed by atoms with Crippen molar-refractivity contribution in [2.24, 2.45) is 5.73 Å². The number of carbonyl (C=O) groups excluding carboxylic acids is 1. The zero-order valence-corrected chi connectivity index (χ0v) is 10.1. The van der Waals surface area contributed by atoms with Crippen LogP contribution in [0.15, 0.2) is 54.6 Å². The van der Waals surface area contributed by atoms with Gasteiger partial charge in [0.15, 0.2) is 0 Å². The highest BCUT2D eigenvalue weighted by Crippen LogP contribution is 2.23. The number of rotatable bonds is 3. The van der Waals surface area contributed by atoms with Crippen LogP contribution in [0.5, 0.6) is 0 Å². The van der Waals surface area contributed by atoms with Gasteiger partial charge in [0.2, 0.25) is 5.91 Å². The Labute approximate surface area is 107 Å². The summed E-state index contributed by atoms with van der Waals surface area (Å²) in [6, 6.07) is 17.8. The molecule has 0 aliphatic rings. The SMILES string of the molecule is Cl.NC(=O)Cc1ccccc1-c1ccccc1. The van der Waals surface area contributed by atoms with Gasteiger partial charge in [0.05, 0.1) is 6.42 Å². The van der Waals surface area contributed by atoms with E-state index < -0.39 is 0 Å². The summed E-state index contributed by atoms with van der Waals surface area (Å²) in [5, 5.41) is 0. The molecule has 88 valence electrons. The first-order chi connectivity index (χ1) is 7.77. The fourth-order valence-corrected chi connectivity index (χ4v) is 1.76. The van der Waals surface area contributed by atoms with E-state index in [2.05, 4.69) is 0 Å². The molecule has 0 fully saturated rings. The molecule has 2 aromatic rings. The Balaban J connectivity index is 0.00000144. The number of primary amides is 1. The van der Waals surface area contributed by atoms with Gasteiger partial charge >= 0.3 is 0 Å². The van der Waals surface area contributed by atoms with Crippen molar-refractivity contribution in [3.05, 3.63) is 60.2 Å². The quantitative estimate of drug-likeness (QED) is 0.891. The minimum atomic E-state index is -0.302. The van der Waals surface area contributed by atoms with E-state index in [0.717, 1.165) is 16.7 Å². The van der Waals surface area contributed by atoms with E-state index in [0.29, 0.717) is 0 Å². The van der Waals surface area contributed by atoms with Crippen LogP contribution >= 0.6 is 12.4 Å². The van der Waals surface area contributed by atoms with Crippen molar-refractivity contribution in [3.8, 4) is 11.1 Å². The zero-order chi connectivity index (χ0) is 11.4. The molecule has 17 heavy (non-hydrogen) atoms. The molecule has 3 heteroatoms. The predicted octanol–water partition coefficient (Wildman–Crippen LogP) is 2.80. The van der Waals surface area contributed by atoms with Crippen molar-refractivity contribution in [2.45, 2.75) is 6.42 Å². The maximum atomic E-state index is 11.0. The van der Waals surface area contributed by atoms with E-state index >= 15 is 0 Å². The number of benzene rings is 2. The average Bonchev–Trinajstić information content (AvgIpc) is 2.30. The molecule has 0 aliphatic heterocycles. The molecule has 0 unspecified atom stereocenters. The summed E-state index contributed by atoms with van der Waals surface area (Å²) in [5.74, 6) is -0.302. The molecule has 0 spiro atoms. The summed E-state index contributed by atoms with van der Waals surface area (Å²) >= 11 is 0. The Morgan fingerprint density at radius 3 is 2.18 bits per heavy atom. The predicted molar refractivity (Wildman–Crippen MR) is 72.0 cm³/mol. The van der Waals surface area contributed by atoms with Gasteiger partial charge in [-0.25, -0.2) is 0 Å².